The van der Waals surface area contributed by atoms with Crippen molar-refractivity contribution in [3.8, 4) is 0 Å². The highest BCUT2D eigenvalue weighted by atomic mass is 16.5. The largest absolute Gasteiger partial charge is 0.481 e. The molecule has 1 saturated carbocycles. The number of aliphatic carboxylic acids is 1. The molecule has 0 aromatic carbocycles. The Hall–Kier alpha value is -1.10. The molecule has 120 valence electrons. The Morgan fingerprint density at radius 1 is 1.33 bits per heavy atom. The fourth-order valence-corrected chi connectivity index (χ4v) is 4.09. The van der Waals surface area contributed by atoms with Gasteiger partial charge in [-0.1, -0.05) is 20.8 Å². The van der Waals surface area contributed by atoms with Crippen molar-refractivity contribution < 1.29 is 19.4 Å². The number of hydrogen-bond donors (Lipinski definition) is 2. The first-order valence-corrected chi connectivity index (χ1v) is 7.83. The fourth-order valence-electron chi connectivity index (χ4n) is 4.09. The molecule has 0 aromatic heterocycles. The van der Waals surface area contributed by atoms with Gasteiger partial charge in [0, 0.05) is 12.5 Å². The molecule has 5 heteroatoms. The van der Waals surface area contributed by atoms with E-state index in [4.69, 9.17) is 9.84 Å². The molecule has 2 rings (SSSR count). The molecule has 2 N–H and O–H groups in total. The van der Waals surface area contributed by atoms with Crippen molar-refractivity contribution >= 4 is 11.9 Å². The van der Waals surface area contributed by atoms with Crippen LogP contribution in [-0.2, 0) is 14.3 Å². The molecule has 0 bridgehead atoms. The summed E-state index contributed by atoms with van der Waals surface area (Å²) in [6, 6.07) is 0. The molecule has 1 saturated heterocycles. The smallest absolute Gasteiger partial charge is 0.305 e. The van der Waals surface area contributed by atoms with E-state index in [9.17, 15) is 9.59 Å². The van der Waals surface area contributed by atoms with Crippen LogP contribution in [0.15, 0.2) is 0 Å². The van der Waals surface area contributed by atoms with Crippen LogP contribution in [0, 0.1) is 17.3 Å². The summed E-state index contributed by atoms with van der Waals surface area (Å²) in [5.41, 5.74) is -0.542. The lowest BCUT2D eigenvalue weighted by Gasteiger charge is -2.39. The quantitative estimate of drug-likeness (QED) is 0.834. The van der Waals surface area contributed by atoms with Gasteiger partial charge in [-0.3, -0.25) is 9.59 Å². The Morgan fingerprint density at radius 3 is 2.57 bits per heavy atom. The number of rotatable bonds is 4. The van der Waals surface area contributed by atoms with Gasteiger partial charge < -0.3 is 15.2 Å². The van der Waals surface area contributed by atoms with Gasteiger partial charge in [0.15, 0.2) is 0 Å². The van der Waals surface area contributed by atoms with Crippen molar-refractivity contribution in [2.45, 2.75) is 58.4 Å². The van der Waals surface area contributed by atoms with E-state index in [-0.39, 0.29) is 23.7 Å². The van der Waals surface area contributed by atoms with E-state index >= 15 is 0 Å². The van der Waals surface area contributed by atoms with E-state index in [2.05, 4.69) is 26.1 Å². The highest BCUT2D eigenvalue weighted by Gasteiger charge is 2.42. The molecule has 0 aromatic rings. The van der Waals surface area contributed by atoms with Crippen LogP contribution in [0.1, 0.15) is 52.9 Å². The monoisotopic (exact) mass is 297 g/mol. The Kier molecular flexibility index (Phi) is 4.61. The lowest BCUT2D eigenvalue weighted by atomic mass is 9.67. The zero-order valence-corrected chi connectivity index (χ0v) is 13.3. The summed E-state index contributed by atoms with van der Waals surface area (Å²) in [6.45, 7) is 7.41. The molecular weight excluding hydrogens is 270 g/mol. The first kappa shape index (κ1) is 16.3. The normalized spacial score (nSPS) is 35.4. The van der Waals surface area contributed by atoms with E-state index in [0.29, 0.717) is 25.6 Å². The molecule has 21 heavy (non-hydrogen) atoms. The second-order valence-corrected chi connectivity index (χ2v) is 7.75. The van der Waals surface area contributed by atoms with Crippen LogP contribution < -0.4 is 5.32 Å². The topological polar surface area (TPSA) is 75.6 Å². The molecule has 2 aliphatic rings. The zero-order chi connectivity index (χ0) is 15.7. The Bertz CT molecular complexity index is 413. The van der Waals surface area contributed by atoms with Crippen molar-refractivity contribution in [2.24, 2.45) is 17.3 Å². The van der Waals surface area contributed by atoms with Gasteiger partial charge in [0.2, 0.25) is 5.91 Å². The van der Waals surface area contributed by atoms with Gasteiger partial charge in [0.1, 0.15) is 0 Å². The van der Waals surface area contributed by atoms with E-state index in [0.717, 1.165) is 19.3 Å². The van der Waals surface area contributed by atoms with Gasteiger partial charge in [-0.25, -0.2) is 0 Å². The number of carbonyl (C=O) groups is 2. The SMILES string of the molecule is CC1CC(C(=O)NC2(CC(=O)O)CCOC2)CC(C)(C)C1. The molecule has 0 radical (unpaired) electrons. The van der Waals surface area contributed by atoms with Gasteiger partial charge in [0.25, 0.3) is 0 Å². The number of nitrogens with one attached hydrogen (secondary N) is 1. The minimum atomic E-state index is -0.891. The summed E-state index contributed by atoms with van der Waals surface area (Å²) < 4.78 is 5.33. The summed E-state index contributed by atoms with van der Waals surface area (Å²) in [7, 11) is 0. The van der Waals surface area contributed by atoms with E-state index in [1.807, 2.05) is 0 Å². The summed E-state index contributed by atoms with van der Waals surface area (Å²) in [5.74, 6) is -0.380. The van der Waals surface area contributed by atoms with Gasteiger partial charge >= 0.3 is 5.97 Å². The van der Waals surface area contributed by atoms with Gasteiger partial charge in [0.05, 0.1) is 18.6 Å². The second-order valence-electron chi connectivity index (χ2n) is 7.75. The fraction of sp³-hybridized carbons (Fsp3) is 0.875. The van der Waals surface area contributed by atoms with Crippen molar-refractivity contribution in [1.82, 2.24) is 5.32 Å². The minimum Gasteiger partial charge on any atom is -0.481 e. The molecule has 1 heterocycles. The van der Waals surface area contributed by atoms with Crippen LogP contribution in [0.3, 0.4) is 0 Å². The molecule has 1 aliphatic carbocycles. The Morgan fingerprint density at radius 2 is 2.05 bits per heavy atom. The Labute approximate surface area is 126 Å². The van der Waals surface area contributed by atoms with Crippen LogP contribution in [-0.4, -0.2) is 35.7 Å². The van der Waals surface area contributed by atoms with Crippen molar-refractivity contribution in [2.75, 3.05) is 13.2 Å². The average Bonchev–Trinajstić information content (AvgIpc) is 2.73. The van der Waals surface area contributed by atoms with Gasteiger partial charge in [-0.05, 0) is 37.0 Å². The first-order chi connectivity index (χ1) is 9.71. The summed E-state index contributed by atoms with van der Waals surface area (Å²) in [6.07, 6.45) is 3.41. The highest BCUT2D eigenvalue weighted by molar-refractivity contribution is 5.81. The van der Waals surface area contributed by atoms with Gasteiger partial charge in [-0.15, -0.1) is 0 Å². The average molecular weight is 297 g/mol. The first-order valence-electron chi connectivity index (χ1n) is 7.83. The van der Waals surface area contributed by atoms with E-state index < -0.39 is 11.5 Å². The number of hydrogen-bond acceptors (Lipinski definition) is 3. The third kappa shape index (κ3) is 4.19. The second kappa shape index (κ2) is 5.95. The zero-order valence-electron chi connectivity index (χ0n) is 13.3. The van der Waals surface area contributed by atoms with Crippen molar-refractivity contribution in [3.63, 3.8) is 0 Å². The summed E-state index contributed by atoms with van der Waals surface area (Å²) >= 11 is 0. The molecule has 1 amide bonds. The summed E-state index contributed by atoms with van der Waals surface area (Å²) in [4.78, 5) is 23.7. The Balaban J connectivity index is 2.03. The van der Waals surface area contributed by atoms with Crippen LogP contribution in [0.2, 0.25) is 0 Å². The van der Waals surface area contributed by atoms with Crippen molar-refractivity contribution in [3.05, 3.63) is 0 Å². The molecule has 3 atom stereocenters. The maximum atomic E-state index is 12.6. The lowest BCUT2D eigenvalue weighted by molar-refractivity contribution is -0.139. The third-order valence-corrected chi connectivity index (χ3v) is 4.74. The van der Waals surface area contributed by atoms with Crippen LogP contribution >= 0.6 is 0 Å². The molecule has 0 spiro atoms. The van der Waals surface area contributed by atoms with Gasteiger partial charge in [-0.2, -0.15) is 0 Å². The highest BCUT2D eigenvalue weighted by Crippen LogP contribution is 2.42. The third-order valence-electron chi connectivity index (χ3n) is 4.74. The van der Waals surface area contributed by atoms with Crippen LogP contribution in [0.5, 0.6) is 0 Å². The van der Waals surface area contributed by atoms with Crippen LogP contribution in [0.25, 0.3) is 0 Å². The van der Waals surface area contributed by atoms with Crippen molar-refractivity contribution in [1.29, 1.82) is 0 Å². The molecule has 2 fully saturated rings. The molecule has 3 unspecified atom stereocenters. The number of carbonyl (C=O) groups excluding carboxylic acids is 1. The van der Waals surface area contributed by atoms with E-state index in [1.54, 1.807) is 0 Å². The number of carboxylic acids is 1. The number of ether oxygens (including phenoxy) is 1. The minimum absolute atomic E-state index is 0.00127. The standard InChI is InChI=1S/C16H27NO4/c1-11-6-12(8-15(2,3)7-11)14(20)17-16(9-13(18)19)4-5-21-10-16/h11-12H,4-10H2,1-3H3,(H,17,20)(H,18,19). The molecule has 1 aliphatic heterocycles. The predicted octanol–water partition coefficient (Wildman–Crippen LogP) is 2.20. The van der Waals surface area contributed by atoms with E-state index in [1.165, 1.54) is 0 Å². The maximum Gasteiger partial charge on any atom is 0.305 e. The van der Waals surface area contributed by atoms with Crippen LogP contribution in [0.4, 0.5) is 0 Å². The summed E-state index contributed by atoms with van der Waals surface area (Å²) in [5, 5.41) is 12.1. The lowest BCUT2D eigenvalue weighted by Crippen LogP contribution is -2.53. The predicted molar refractivity (Wildman–Crippen MR) is 78.8 cm³/mol. The maximum absolute atomic E-state index is 12.6. The number of carboxylic acid groups (broad SMARTS) is 1. The number of amides is 1. The molecular formula is C16H27NO4. The molecule has 5 nitrogen and oxygen atoms in total.